The van der Waals surface area contributed by atoms with Gasteiger partial charge in [-0.15, -0.1) is 0 Å². The Morgan fingerprint density at radius 3 is 2.35 bits per heavy atom. The Labute approximate surface area is 127 Å². The van der Waals surface area contributed by atoms with Gasteiger partial charge in [0.25, 0.3) is 0 Å². The van der Waals surface area contributed by atoms with E-state index in [1.807, 2.05) is 0 Å². The molecule has 20 heavy (non-hydrogen) atoms. The maximum Gasteiger partial charge on any atom is 0.138 e. The highest BCUT2D eigenvalue weighted by Gasteiger charge is 2.44. The van der Waals surface area contributed by atoms with Gasteiger partial charge in [0.05, 0.1) is 10.1 Å². The van der Waals surface area contributed by atoms with E-state index in [1.54, 1.807) is 0 Å². The van der Waals surface area contributed by atoms with E-state index in [0.29, 0.717) is 6.42 Å². The van der Waals surface area contributed by atoms with Crippen LogP contribution >= 0.6 is 15.9 Å². The van der Waals surface area contributed by atoms with Crippen LogP contribution in [-0.4, -0.2) is 22.9 Å². The van der Waals surface area contributed by atoms with Gasteiger partial charge in [0.15, 0.2) is 0 Å². The highest BCUT2D eigenvalue weighted by molar-refractivity contribution is 9.10. The van der Waals surface area contributed by atoms with E-state index in [1.165, 1.54) is 16.7 Å². The molecule has 1 N–H and O–H groups in total. The van der Waals surface area contributed by atoms with Crippen molar-refractivity contribution in [3.05, 3.63) is 21.2 Å². The number of aliphatic hydroxyl groups is 1. The van der Waals surface area contributed by atoms with Crippen LogP contribution in [0.15, 0.2) is 4.47 Å². The van der Waals surface area contributed by atoms with Gasteiger partial charge in [-0.3, -0.25) is 0 Å². The van der Waals surface area contributed by atoms with Crippen LogP contribution in [-0.2, 0) is 19.3 Å². The van der Waals surface area contributed by atoms with E-state index in [0.717, 1.165) is 41.7 Å². The molecule has 0 spiro atoms. The van der Waals surface area contributed by atoms with Crippen LogP contribution in [0.2, 0.25) is 0 Å². The first-order valence-electron chi connectivity index (χ1n) is 7.38. The SMILES string of the molecule is CC1Cc2c(CC3(O)CC3)c3c(c(Br)c2O1)CC(C)O3. The first kappa shape index (κ1) is 13.0. The lowest BCUT2D eigenvalue weighted by atomic mass is 9.93. The van der Waals surface area contributed by atoms with Gasteiger partial charge in [0.1, 0.15) is 23.7 Å². The lowest BCUT2D eigenvalue weighted by Crippen LogP contribution is -2.14. The highest BCUT2D eigenvalue weighted by atomic mass is 79.9. The summed E-state index contributed by atoms with van der Waals surface area (Å²) in [6.07, 6.45) is 4.73. The van der Waals surface area contributed by atoms with Crippen molar-refractivity contribution < 1.29 is 14.6 Å². The third kappa shape index (κ3) is 1.88. The van der Waals surface area contributed by atoms with Crippen LogP contribution in [0.25, 0.3) is 0 Å². The third-order valence-electron chi connectivity index (χ3n) is 4.61. The zero-order valence-corrected chi connectivity index (χ0v) is 13.4. The van der Waals surface area contributed by atoms with Gasteiger partial charge >= 0.3 is 0 Å². The molecule has 3 aliphatic rings. The van der Waals surface area contributed by atoms with Gasteiger partial charge < -0.3 is 14.6 Å². The summed E-state index contributed by atoms with van der Waals surface area (Å²) in [5.74, 6) is 1.98. The van der Waals surface area contributed by atoms with Crippen LogP contribution in [0.5, 0.6) is 11.5 Å². The standard InChI is InChI=1S/C16H19BrO3/c1-8-5-10-12(7-16(18)3-4-16)14-11(6-9(2)19-14)13(17)15(10)20-8/h8-9,18H,3-7H2,1-2H3. The van der Waals surface area contributed by atoms with Gasteiger partial charge in [-0.2, -0.15) is 0 Å². The zero-order chi connectivity index (χ0) is 14.1. The summed E-state index contributed by atoms with van der Waals surface area (Å²) >= 11 is 3.70. The number of rotatable bonds is 2. The number of hydrogen-bond acceptors (Lipinski definition) is 3. The van der Waals surface area contributed by atoms with E-state index in [4.69, 9.17) is 9.47 Å². The maximum atomic E-state index is 10.3. The normalized spacial score (nSPS) is 28.6. The van der Waals surface area contributed by atoms with E-state index in [9.17, 15) is 5.11 Å². The van der Waals surface area contributed by atoms with Crippen molar-refractivity contribution in [1.82, 2.24) is 0 Å². The molecule has 108 valence electrons. The molecule has 0 saturated heterocycles. The molecule has 0 bridgehead atoms. The van der Waals surface area contributed by atoms with Crippen LogP contribution in [0.4, 0.5) is 0 Å². The van der Waals surface area contributed by atoms with Gasteiger partial charge in [0.2, 0.25) is 0 Å². The van der Waals surface area contributed by atoms with Gasteiger partial charge in [-0.25, -0.2) is 0 Å². The number of benzene rings is 1. The van der Waals surface area contributed by atoms with Gasteiger partial charge in [0, 0.05) is 36.0 Å². The first-order valence-corrected chi connectivity index (χ1v) is 8.18. The molecule has 2 atom stereocenters. The van der Waals surface area contributed by atoms with Crippen LogP contribution in [0, 0.1) is 0 Å². The van der Waals surface area contributed by atoms with Crippen molar-refractivity contribution in [3.63, 3.8) is 0 Å². The first-order chi connectivity index (χ1) is 9.47. The lowest BCUT2D eigenvalue weighted by Gasteiger charge is -2.17. The molecule has 2 heterocycles. The molecular weight excluding hydrogens is 320 g/mol. The molecule has 0 radical (unpaired) electrons. The van der Waals surface area contributed by atoms with Gasteiger partial charge in [-0.05, 0) is 42.6 Å². The summed E-state index contributed by atoms with van der Waals surface area (Å²) in [5.41, 5.74) is 3.13. The molecule has 4 rings (SSSR count). The molecule has 2 aliphatic heterocycles. The Morgan fingerprint density at radius 1 is 1.10 bits per heavy atom. The lowest BCUT2D eigenvalue weighted by molar-refractivity contribution is 0.148. The van der Waals surface area contributed by atoms with Crippen molar-refractivity contribution in [1.29, 1.82) is 0 Å². The summed E-state index contributed by atoms with van der Waals surface area (Å²) in [5, 5.41) is 10.3. The monoisotopic (exact) mass is 338 g/mol. The van der Waals surface area contributed by atoms with Crippen LogP contribution < -0.4 is 9.47 Å². The van der Waals surface area contributed by atoms with Gasteiger partial charge in [-0.1, -0.05) is 0 Å². The summed E-state index contributed by atoms with van der Waals surface area (Å²) in [7, 11) is 0. The van der Waals surface area contributed by atoms with E-state index < -0.39 is 5.60 Å². The molecule has 2 unspecified atom stereocenters. The van der Waals surface area contributed by atoms with Crippen LogP contribution in [0.3, 0.4) is 0 Å². The minimum Gasteiger partial charge on any atom is -0.490 e. The summed E-state index contributed by atoms with van der Waals surface area (Å²) in [6, 6.07) is 0. The largest absolute Gasteiger partial charge is 0.490 e. The molecule has 1 saturated carbocycles. The average Bonchev–Trinajstić information content (AvgIpc) is 2.82. The highest BCUT2D eigenvalue weighted by Crippen LogP contribution is 2.52. The predicted molar refractivity (Wildman–Crippen MR) is 79.6 cm³/mol. The van der Waals surface area contributed by atoms with Crippen molar-refractivity contribution >= 4 is 15.9 Å². The predicted octanol–water partition coefficient (Wildman–Crippen LogP) is 3.16. The Bertz CT molecular complexity index is 553. The fourth-order valence-corrected chi connectivity index (χ4v) is 4.06. The Hall–Kier alpha value is -0.740. The van der Waals surface area contributed by atoms with Crippen molar-refractivity contribution in [3.8, 4) is 11.5 Å². The van der Waals surface area contributed by atoms with Crippen molar-refractivity contribution in [2.45, 2.75) is 63.8 Å². The second-order valence-corrected chi connectivity index (χ2v) is 7.37. The average molecular weight is 339 g/mol. The van der Waals surface area contributed by atoms with E-state index >= 15 is 0 Å². The van der Waals surface area contributed by atoms with Crippen molar-refractivity contribution in [2.75, 3.05) is 0 Å². The smallest absolute Gasteiger partial charge is 0.138 e. The molecular formula is C16H19BrO3. The molecule has 3 nitrogen and oxygen atoms in total. The quantitative estimate of drug-likeness (QED) is 0.900. The minimum atomic E-state index is -0.504. The molecule has 1 aromatic rings. The topological polar surface area (TPSA) is 38.7 Å². The number of hydrogen-bond donors (Lipinski definition) is 1. The van der Waals surface area contributed by atoms with E-state index in [2.05, 4.69) is 29.8 Å². The number of ether oxygens (including phenoxy) is 2. The van der Waals surface area contributed by atoms with E-state index in [-0.39, 0.29) is 12.2 Å². The molecule has 1 fully saturated rings. The molecule has 4 heteroatoms. The number of fused-ring (bicyclic) bond motifs is 2. The molecule has 1 aromatic carbocycles. The number of halogens is 1. The molecule has 1 aliphatic carbocycles. The van der Waals surface area contributed by atoms with Crippen LogP contribution in [0.1, 0.15) is 43.4 Å². The summed E-state index contributed by atoms with van der Waals surface area (Å²) in [4.78, 5) is 0. The zero-order valence-electron chi connectivity index (χ0n) is 11.8. The fraction of sp³-hybridized carbons (Fsp3) is 0.625. The summed E-state index contributed by atoms with van der Waals surface area (Å²) < 4.78 is 13.1. The maximum absolute atomic E-state index is 10.3. The summed E-state index contributed by atoms with van der Waals surface area (Å²) in [6.45, 7) is 4.19. The molecule has 0 amide bonds. The Kier molecular flexibility index (Phi) is 2.68. The second kappa shape index (κ2) is 4.14. The van der Waals surface area contributed by atoms with Crippen molar-refractivity contribution in [2.24, 2.45) is 0 Å². The molecule has 0 aromatic heterocycles. The Balaban J connectivity index is 1.88. The third-order valence-corrected chi connectivity index (χ3v) is 5.44. The minimum absolute atomic E-state index is 0.203. The Morgan fingerprint density at radius 2 is 1.70 bits per heavy atom. The fourth-order valence-electron chi connectivity index (χ4n) is 3.39. The second-order valence-electron chi connectivity index (χ2n) is 6.57.